The highest BCUT2D eigenvalue weighted by Crippen LogP contribution is 2.40. The van der Waals surface area contributed by atoms with E-state index >= 15 is 0 Å². The number of alkyl halides is 9. The van der Waals surface area contributed by atoms with E-state index in [9.17, 15) is 80.4 Å². The first-order valence-electron chi connectivity index (χ1n) is 22.2. The molecule has 0 radical (unpaired) electrons. The van der Waals surface area contributed by atoms with E-state index in [1.54, 1.807) is 0 Å². The zero-order valence-electron chi connectivity index (χ0n) is 41.1. The van der Waals surface area contributed by atoms with Gasteiger partial charge in [-0.2, -0.15) is 39.5 Å². The molecule has 6 heterocycles. The van der Waals surface area contributed by atoms with Crippen molar-refractivity contribution in [3.05, 3.63) is 35.7 Å². The molecule has 46 heteroatoms. The summed E-state index contributed by atoms with van der Waals surface area (Å²) in [6.07, 6.45) is -33.7. The minimum absolute atomic E-state index is 0.0160. The number of hydrogen-bond acceptors (Lipinski definition) is 25. The van der Waals surface area contributed by atoms with E-state index in [1.807, 2.05) is 0 Å². The Morgan fingerprint density at radius 1 is 0.524 bits per heavy atom. The molecule has 0 amide bonds. The number of ether oxygens (including phenoxy) is 5. The van der Waals surface area contributed by atoms with E-state index in [-0.39, 0.29) is 57.1 Å². The summed E-state index contributed by atoms with van der Waals surface area (Å²) >= 11 is 0. The lowest BCUT2D eigenvalue weighted by molar-refractivity contribution is -0.399. The Balaban J connectivity index is 0.000000710. The van der Waals surface area contributed by atoms with Gasteiger partial charge in [-0.1, -0.05) is 15.6 Å². The van der Waals surface area contributed by atoms with Gasteiger partial charge in [0.2, 0.25) is 5.79 Å². The van der Waals surface area contributed by atoms with Crippen molar-refractivity contribution in [2.24, 2.45) is 49.4 Å². The zero-order chi connectivity index (χ0) is 62.4. The number of nitrogens with zero attached hydrogens (tertiary/aromatic N) is 12. The van der Waals surface area contributed by atoms with Gasteiger partial charge in [0.1, 0.15) is 90.8 Å². The number of aliphatic hydroxyl groups excluding tert-OH is 8. The van der Waals surface area contributed by atoms with Gasteiger partial charge >= 0.3 is 36.4 Å². The van der Waals surface area contributed by atoms with E-state index in [4.69, 9.17) is 87.8 Å². The maximum absolute atomic E-state index is 11.8. The first kappa shape index (κ1) is 68.8. The third-order valence-corrected chi connectivity index (χ3v) is 10.5. The average molecular weight is 1210 g/mol. The smallest absolute Gasteiger partial charge is 0.475 e. The number of aliphatic imine (C=N–C) groups is 3. The molecule has 6 rings (SSSR count). The number of halogens is 9. The number of carboxylic acid groups (broad SMARTS) is 3. The molecule has 3 aromatic rings. The lowest BCUT2D eigenvalue weighted by Crippen LogP contribution is -2.64. The van der Waals surface area contributed by atoms with Crippen molar-refractivity contribution in [2.45, 2.75) is 143 Å². The number of guanidine groups is 3. The molecule has 14 atom stereocenters. The second-order valence-electron chi connectivity index (χ2n) is 16.7. The molecular formula is C36H53F9N18O19. The monoisotopic (exact) mass is 1210 g/mol. The van der Waals surface area contributed by atoms with Crippen LogP contribution in [0.1, 0.15) is 17.1 Å². The topological polar surface area (TPSA) is 605 Å². The minimum Gasteiger partial charge on any atom is -0.475 e. The molecule has 0 saturated carbocycles. The molecule has 82 heavy (non-hydrogen) atoms. The van der Waals surface area contributed by atoms with Crippen LogP contribution >= 0.6 is 0 Å². The van der Waals surface area contributed by atoms with Gasteiger partial charge in [0.25, 0.3) is 0 Å². The molecule has 37 nitrogen and oxygen atoms in total. The summed E-state index contributed by atoms with van der Waals surface area (Å²) in [5.41, 5.74) is 33.4. The molecule has 3 aliphatic rings. The molecule has 3 aliphatic heterocycles. The third-order valence-electron chi connectivity index (χ3n) is 10.5. The number of carbonyl (C=O) groups is 3. The molecule has 0 aliphatic carbocycles. The summed E-state index contributed by atoms with van der Waals surface area (Å²) in [5, 5.41) is 134. The Morgan fingerprint density at radius 3 is 1.13 bits per heavy atom. The number of aliphatic hydroxyl groups is 8. The van der Waals surface area contributed by atoms with E-state index in [1.165, 1.54) is 32.6 Å². The van der Waals surface area contributed by atoms with Gasteiger partial charge in [0.15, 0.2) is 30.5 Å². The van der Waals surface area contributed by atoms with E-state index in [0.717, 1.165) is 0 Å². The first-order valence-corrected chi connectivity index (χ1v) is 22.2. The van der Waals surface area contributed by atoms with E-state index in [2.05, 4.69) is 45.9 Å². The molecule has 0 spiro atoms. The van der Waals surface area contributed by atoms with Crippen LogP contribution in [0, 0.1) is 0 Å². The molecule has 3 saturated heterocycles. The lowest BCUT2D eigenvalue weighted by Gasteiger charge is -2.45. The fraction of sp³-hybridized carbons (Fsp3) is 0.667. The van der Waals surface area contributed by atoms with Crippen molar-refractivity contribution in [1.82, 2.24) is 45.0 Å². The highest BCUT2D eigenvalue weighted by atomic mass is 19.4. The molecule has 0 bridgehead atoms. The van der Waals surface area contributed by atoms with E-state index in [0.29, 0.717) is 17.1 Å². The summed E-state index contributed by atoms with van der Waals surface area (Å²) < 4.78 is 129. The zero-order valence-corrected chi connectivity index (χ0v) is 41.1. The Kier molecular flexibility index (Phi) is 24.3. The quantitative estimate of drug-likeness (QED) is 0.0339. The maximum atomic E-state index is 11.8. The van der Waals surface area contributed by atoms with Crippen LogP contribution in [0.5, 0.6) is 0 Å². The molecule has 3 aromatic heterocycles. The second-order valence-corrected chi connectivity index (χ2v) is 16.7. The van der Waals surface area contributed by atoms with Crippen molar-refractivity contribution in [2.75, 3.05) is 6.61 Å². The van der Waals surface area contributed by atoms with Gasteiger partial charge in [-0.05, 0) is 0 Å². The maximum Gasteiger partial charge on any atom is 0.490 e. The van der Waals surface area contributed by atoms with Crippen molar-refractivity contribution >= 4 is 35.8 Å². The Labute approximate surface area is 449 Å². The summed E-state index contributed by atoms with van der Waals surface area (Å²) in [7, 11) is 0. The highest BCUT2D eigenvalue weighted by molar-refractivity contribution is 5.76. The SMILES string of the molecule is NC(N)=NCc1cn(C[C@H]2O[C@H](O[C@]3(CO)O[C@H](Cn4cc(CN=C(N)N)nn4)[C@@H](O)C3O[C@H]3O[C@H](Cn4cc(CN=C(N)N)nn4)[C@@H](O)[C@H](O)[C@H]3O)[C@H](O)[C@@H](O)[C@@H]2O)nn1.O=C(O)C(F)(F)F.O=C(O)C(F)(F)F.O=C(O)C(F)(F)F. The first-order chi connectivity index (χ1) is 37.8. The third kappa shape index (κ3) is 20.2. The van der Waals surface area contributed by atoms with Gasteiger partial charge in [-0.15, -0.1) is 15.3 Å². The second kappa shape index (κ2) is 29.0. The normalized spacial score (nSPS) is 28.1. The number of nitrogens with two attached hydrogens (primary N) is 6. The van der Waals surface area contributed by atoms with Crippen molar-refractivity contribution in [3.8, 4) is 0 Å². The van der Waals surface area contributed by atoms with Crippen LogP contribution in [0.15, 0.2) is 33.6 Å². The predicted molar refractivity (Wildman–Crippen MR) is 240 cm³/mol. The van der Waals surface area contributed by atoms with Gasteiger partial charge in [0.05, 0.1) is 57.9 Å². The van der Waals surface area contributed by atoms with Gasteiger partial charge < -0.3 is 114 Å². The largest absolute Gasteiger partial charge is 0.490 e. The summed E-state index contributed by atoms with van der Waals surface area (Å²) in [6, 6.07) is 0. The predicted octanol–water partition coefficient (Wildman–Crippen LogP) is -8.45. The molecule has 464 valence electrons. The van der Waals surface area contributed by atoms with Gasteiger partial charge in [0, 0.05) is 0 Å². The lowest BCUT2D eigenvalue weighted by atomic mass is 9.97. The molecule has 1 unspecified atom stereocenters. The highest BCUT2D eigenvalue weighted by Gasteiger charge is 2.62. The van der Waals surface area contributed by atoms with Crippen LogP contribution in [0.3, 0.4) is 0 Å². The average Bonchev–Trinajstić information content (AvgIpc) is 3.80. The van der Waals surface area contributed by atoms with Crippen LogP contribution in [0.25, 0.3) is 0 Å². The van der Waals surface area contributed by atoms with Crippen LogP contribution in [-0.4, -0.2) is 248 Å². The van der Waals surface area contributed by atoms with Crippen LogP contribution in [-0.2, 0) is 77.3 Å². The number of rotatable bonds is 17. The van der Waals surface area contributed by atoms with Crippen LogP contribution in [0.4, 0.5) is 39.5 Å². The number of aromatic nitrogens is 9. The molecular weight excluding hydrogens is 1160 g/mol. The number of aliphatic carboxylic acids is 3. The fourth-order valence-electron chi connectivity index (χ4n) is 6.69. The summed E-state index contributed by atoms with van der Waals surface area (Å²) in [4.78, 5) is 38.3. The van der Waals surface area contributed by atoms with Crippen LogP contribution < -0.4 is 34.4 Å². The van der Waals surface area contributed by atoms with Gasteiger partial charge in [-0.3, -0.25) is 0 Å². The van der Waals surface area contributed by atoms with Crippen LogP contribution in [0.2, 0.25) is 0 Å². The van der Waals surface area contributed by atoms with Crippen molar-refractivity contribution < 1.29 is 134 Å². The molecule has 0 aromatic carbocycles. The van der Waals surface area contributed by atoms with Crippen molar-refractivity contribution in [3.63, 3.8) is 0 Å². The Bertz CT molecular complexity index is 2580. The van der Waals surface area contributed by atoms with Crippen molar-refractivity contribution in [1.29, 1.82) is 0 Å². The Hall–Kier alpha value is -7.51. The minimum atomic E-state index is -5.08. The molecule has 23 N–H and O–H groups in total. The summed E-state index contributed by atoms with van der Waals surface area (Å²) in [6.45, 7) is -2.04. The standard InChI is InChI=1S/C30H50N18O13.3C2HF3O2/c31-27(32)37-1-11-4-46(43-40-11)7-14-17(50)20(53)22(55)25(57-14)59-24-19(52)16(9-48-6-13(42-45-48)3-39-29(35)36)60-30(24,10-49)61-26-23(56)21(54)18(51)15(58-26)8-47-5-12(41-44-47)2-38-28(33)34;3*3-2(4,5)1(6)7/h4-6,14-26,49-56H,1-3,7-10H2,(H4,31,32,37)(H4,33,34,38)(H4,35,36,39);3*(H,6,7)/t14-,15-,16-,17-,18-,19-,20+,21+,22-,23-,24?,25-,26-,30+;;;/m1.../s1. The van der Waals surface area contributed by atoms with Gasteiger partial charge in [-0.25, -0.2) is 43.4 Å². The Morgan fingerprint density at radius 2 is 0.829 bits per heavy atom. The number of hydrogen-bond donors (Lipinski definition) is 17. The summed E-state index contributed by atoms with van der Waals surface area (Å²) in [5.74, 6) is -11.4. The van der Waals surface area contributed by atoms with E-state index < -0.39 is 129 Å². The fourth-order valence-corrected chi connectivity index (χ4v) is 6.69. The number of carboxylic acids is 3. The molecule has 3 fully saturated rings.